The highest BCUT2D eigenvalue weighted by Crippen LogP contribution is 2.26. The second kappa shape index (κ2) is 3.61. The molecule has 5 nitrogen and oxygen atoms in total. The summed E-state index contributed by atoms with van der Waals surface area (Å²) in [6.45, 7) is 1.74. The third kappa shape index (κ3) is 1.90. The van der Waals surface area contributed by atoms with Crippen LogP contribution in [0.15, 0.2) is 22.6 Å². The molecule has 1 aromatic carbocycles. The van der Waals surface area contributed by atoms with E-state index in [9.17, 15) is 0 Å². The van der Waals surface area contributed by atoms with E-state index in [2.05, 4.69) is 10.2 Å². The first-order valence-corrected chi connectivity index (χ1v) is 4.44. The number of ether oxygens (including phenoxy) is 1. The van der Waals surface area contributed by atoms with Gasteiger partial charge < -0.3 is 14.9 Å². The fourth-order valence-electron chi connectivity index (χ4n) is 1.28. The van der Waals surface area contributed by atoms with Crippen molar-refractivity contribution in [1.29, 1.82) is 0 Å². The Morgan fingerprint density at radius 1 is 1.27 bits per heavy atom. The maximum atomic E-state index is 5.71. The van der Waals surface area contributed by atoms with Crippen LogP contribution < -0.4 is 10.5 Å². The zero-order chi connectivity index (χ0) is 10.8. The highest BCUT2D eigenvalue weighted by molar-refractivity contribution is 5.63. The van der Waals surface area contributed by atoms with Gasteiger partial charge in [0.25, 0.3) is 0 Å². The summed E-state index contributed by atoms with van der Waals surface area (Å²) in [6, 6.07) is 5.28. The van der Waals surface area contributed by atoms with Gasteiger partial charge in [-0.05, 0) is 12.1 Å². The lowest BCUT2D eigenvalue weighted by molar-refractivity contribution is 0.415. The topological polar surface area (TPSA) is 74.2 Å². The monoisotopic (exact) mass is 205 g/mol. The van der Waals surface area contributed by atoms with Crippen molar-refractivity contribution >= 4 is 5.69 Å². The molecular weight excluding hydrogens is 194 g/mol. The van der Waals surface area contributed by atoms with Gasteiger partial charge in [-0.25, -0.2) is 0 Å². The predicted molar refractivity (Wildman–Crippen MR) is 55.4 cm³/mol. The predicted octanol–water partition coefficient (Wildman–Crippen LogP) is 1.64. The molecule has 0 saturated carbocycles. The van der Waals surface area contributed by atoms with Crippen molar-refractivity contribution in [3.8, 4) is 17.2 Å². The minimum Gasteiger partial charge on any atom is -0.497 e. The van der Waals surface area contributed by atoms with E-state index in [1.807, 2.05) is 0 Å². The zero-order valence-corrected chi connectivity index (χ0v) is 8.52. The van der Waals surface area contributed by atoms with Gasteiger partial charge in [-0.15, -0.1) is 10.2 Å². The third-order valence-corrected chi connectivity index (χ3v) is 1.94. The lowest BCUT2D eigenvalue weighted by atomic mass is 10.2. The molecule has 2 aromatic rings. The summed E-state index contributed by atoms with van der Waals surface area (Å²) in [5.74, 6) is 1.63. The van der Waals surface area contributed by atoms with Crippen molar-refractivity contribution in [2.24, 2.45) is 0 Å². The number of hydrogen-bond acceptors (Lipinski definition) is 5. The summed E-state index contributed by atoms with van der Waals surface area (Å²) < 4.78 is 10.4. The highest BCUT2D eigenvalue weighted by atomic mass is 16.5. The number of anilines is 1. The van der Waals surface area contributed by atoms with Gasteiger partial charge in [0, 0.05) is 24.2 Å². The molecule has 5 heteroatoms. The molecular formula is C10H11N3O2. The average Bonchev–Trinajstić information content (AvgIpc) is 2.64. The summed E-state index contributed by atoms with van der Waals surface area (Å²) in [4.78, 5) is 0. The Kier molecular flexibility index (Phi) is 2.29. The van der Waals surface area contributed by atoms with E-state index in [0.717, 1.165) is 5.56 Å². The van der Waals surface area contributed by atoms with E-state index in [-0.39, 0.29) is 0 Å². The molecule has 0 aliphatic carbocycles. The molecule has 0 saturated heterocycles. The van der Waals surface area contributed by atoms with Crippen molar-refractivity contribution in [3.05, 3.63) is 24.1 Å². The van der Waals surface area contributed by atoms with E-state index < -0.39 is 0 Å². The maximum Gasteiger partial charge on any atom is 0.247 e. The molecule has 2 N–H and O–H groups in total. The van der Waals surface area contributed by atoms with E-state index in [1.165, 1.54) is 0 Å². The van der Waals surface area contributed by atoms with Crippen molar-refractivity contribution < 1.29 is 9.15 Å². The van der Waals surface area contributed by atoms with Crippen LogP contribution in [0.2, 0.25) is 0 Å². The van der Waals surface area contributed by atoms with Crippen LogP contribution in [-0.4, -0.2) is 17.3 Å². The van der Waals surface area contributed by atoms with Gasteiger partial charge in [-0.3, -0.25) is 0 Å². The fraction of sp³-hybridized carbons (Fsp3) is 0.200. The van der Waals surface area contributed by atoms with Crippen LogP contribution in [0.1, 0.15) is 5.89 Å². The molecule has 15 heavy (non-hydrogen) atoms. The molecule has 1 heterocycles. The second-order valence-electron chi connectivity index (χ2n) is 3.12. The van der Waals surface area contributed by atoms with Crippen molar-refractivity contribution in [1.82, 2.24) is 10.2 Å². The van der Waals surface area contributed by atoms with Gasteiger partial charge in [0.05, 0.1) is 7.11 Å². The lowest BCUT2D eigenvalue weighted by Crippen LogP contribution is -1.90. The number of aryl methyl sites for hydroxylation is 1. The van der Waals surface area contributed by atoms with Gasteiger partial charge >= 0.3 is 0 Å². The maximum absolute atomic E-state index is 5.71. The molecule has 2 rings (SSSR count). The van der Waals surface area contributed by atoms with E-state index in [4.69, 9.17) is 14.9 Å². The SMILES string of the molecule is COc1cc(N)cc(-c2nnc(C)o2)c1. The Labute approximate surface area is 86.9 Å². The Balaban J connectivity index is 2.48. The van der Waals surface area contributed by atoms with Gasteiger partial charge in [0.15, 0.2) is 0 Å². The molecule has 78 valence electrons. The van der Waals surface area contributed by atoms with E-state index >= 15 is 0 Å². The number of hydrogen-bond donors (Lipinski definition) is 1. The van der Waals surface area contributed by atoms with Crippen LogP contribution in [0.4, 0.5) is 5.69 Å². The first-order valence-electron chi connectivity index (χ1n) is 4.44. The van der Waals surface area contributed by atoms with E-state index in [0.29, 0.717) is 23.2 Å². The molecule has 0 radical (unpaired) electrons. The van der Waals surface area contributed by atoms with E-state index in [1.54, 1.807) is 32.2 Å². The number of methoxy groups -OCH3 is 1. The lowest BCUT2D eigenvalue weighted by Gasteiger charge is -2.03. The normalized spacial score (nSPS) is 10.3. The van der Waals surface area contributed by atoms with Crippen LogP contribution in [0.5, 0.6) is 5.75 Å². The summed E-state index contributed by atoms with van der Waals surface area (Å²) >= 11 is 0. The number of nitrogens with two attached hydrogens (primary N) is 1. The molecule has 0 amide bonds. The minimum absolute atomic E-state index is 0.443. The van der Waals surface area contributed by atoms with Crippen LogP contribution >= 0.6 is 0 Å². The Hall–Kier alpha value is -2.04. The molecule has 1 aromatic heterocycles. The number of nitrogen functional groups attached to an aromatic ring is 1. The molecule has 0 atom stereocenters. The molecule has 0 aliphatic rings. The summed E-state index contributed by atoms with van der Waals surface area (Å²) in [5, 5.41) is 7.65. The molecule has 0 fully saturated rings. The first-order chi connectivity index (χ1) is 7.19. The van der Waals surface area contributed by atoms with Crippen LogP contribution in [0.3, 0.4) is 0 Å². The fourth-order valence-corrected chi connectivity index (χ4v) is 1.28. The second-order valence-corrected chi connectivity index (χ2v) is 3.12. The smallest absolute Gasteiger partial charge is 0.247 e. The van der Waals surface area contributed by atoms with Gasteiger partial charge in [0.2, 0.25) is 11.8 Å². The van der Waals surface area contributed by atoms with Crippen LogP contribution in [0.25, 0.3) is 11.5 Å². The van der Waals surface area contributed by atoms with Crippen molar-refractivity contribution in [3.63, 3.8) is 0 Å². The molecule has 0 bridgehead atoms. The largest absolute Gasteiger partial charge is 0.497 e. The van der Waals surface area contributed by atoms with Gasteiger partial charge in [-0.2, -0.15) is 0 Å². The summed E-state index contributed by atoms with van der Waals surface area (Å²) in [6.07, 6.45) is 0. The number of benzene rings is 1. The molecule has 0 spiro atoms. The zero-order valence-electron chi connectivity index (χ0n) is 8.52. The number of nitrogens with zero attached hydrogens (tertiary/aromatic N) is 2. The third-order valence-electron chi connectivity index (χ3n) is 1.94. The first kappa shape index (κ1) is 9.51. The number of aromatic nitrogens is 2. The van der Waals surface area contributed by atoms with Crippen LogP contribution in [0, 0.1) is 6.92 Å². The Morgan fingerprint density at radius 3 is 2.67 bits per heavy atom. The van der Waals surface area contributed by atoms with Crippen molar-refractivity contribution in [2.45, 2.75) is 6.92 Å². The highest BCUT2D eigenvalue weighted by Gasteiger charge is 2.08. The Bertz CT molecular complexity index is 479. The van der Waals surface area contributed by atoms with Gasteiger partial charge in [0.1, 0.15) is 5.75 Å². The summed E-state index contributed by atoms with van der Waals surface area (Å²) in [7, 11) is 1.58. The van der Waals surface area contributed by atoms with Crippen molar-refractivity contribution in [2.75, 3.05) is 12.8 Å². The minimum atomic E-state index is 0.443. The quantitative estimate of drug-likeness (QED) is 0.754. The average molecular weight is 205 g/mol. The van der Waals surface area contributed by atoms with Gasteiger partial charge in [-0.1, -0.05) is 0 Å². The number of rotatable bonds is 2. The summed E-state index contributed by atoms with van der Waals surface area (Å²) in [5.41, 5.74) is 7.06. The molecule has 0 aliphatic heterocycles. The standard InChI is InChI=1S/C10H11N3O2/c1-6-12-13-10(15-6)7-3-8(11)5-9(4-7)14-2/h3-5H,11H2,1-2H3. The molecule has 0 unspecified atom stereocenters. The Morgan fingerprint density at radius 2 is 2.07 bits per heavy atom. The van der Waals surface area contributed by atoms with Crippen LogP contribution in [-0.2, 0) is 0 Å².